The van der Waals surface area contributed by atoms with Crippen LogP contribution in [0.5, 0.6) is 11.5 Å². The highest BCUT2D eigenvalue weighted by Crippen LogP contribution is 2.34. The Bertz CT molecular complexity index is 1270. The van der Waals surface area contributed by atoms with Crippen LogP contribution in [-0.2, 0) is 22.6 Å². The molecule has 0 aliphatic carbocycles. The van der Waals surface area contributed by atoms with Gasteiger partial charge in [0.2, 0.25) is 0 Å². The number of fused-ring (bicyclic) bond motifs is 1. The van der Waals surface area contributed by atoms with E-state index in [1.54, 1.807) is 37.4 Å². The first-order valence-electron chi connectivity index (χ1n) is 9.97. The Labute approximate surface area is 193 Å². The third kappa shape index (κ3) is 5.28. The first-order valence-corrected chi connectivity index (χ1v) is 11.0. The van der Waals surface area contributed by atoms with Crippen molar-refractivity contribution in [1.82, 2.24) is 19.7 Å². The molecule has 33 heavy (non-hydrogen) atoms. The predicted molar refractivity (Wildman–Crippen MR) is 125 cm³/mol. The Balaban J connectivity index is 1.76. The summed E-state index contributed by atoms with van der Waals surface area (Å²) < 4.78 is 37.4. The second-order valence-electron chi connectivity index (χ2n) is 7.09. The monoisotopic (exact) mass is 469 g/mol. The van der Waals surface area contributed by atoms with Gasteiger partial charge in [0.15, 0.2) is 0 Å². The third-order valence-corrected chi connectivity index (χ3v) is 5.35. The summed E-state index contributed by atoms with van der Waals surface area (Å²) in [6.45, 7) is 0.311. The third-order valence-electron chi connectivity index (χ3n) is 4.99. The van der Waals surface area contributed by atoms with E-state index in [0.717, 1.165) is 22.5 Å². The van der Waals surface area contributed by atoms with Crippen molar-refractivity contribution in [2.45, 2.75) is 0 Å². The molecule has 0 fully saturated rings. The minimum atomic E-state index is -2.36. The first kappa shape index (κ1) is 22.6. The van der Waals surface area contributed by atoms with E-state index in [1.165, 1.54) is 0 Å². The van der Waals surface area contributed by atoms with Gasteiger partial charge in [0.25, 0.3) is 0 Å². The summed E-state index contributed by atoms with van der Waals surface area (Å²) in [5, 5.41) is 4.20. The van der Waals surface area contributed by atoms with E-state index >= 15 is 0 Å². The molecule has 0 bridgehead atoms. The number of aromatic nitrogens is 4. The number of nitrogens with zero attached hydrogens (tertiary/aromatic N) is 5. The molecule has 1 atom stereocenters. The van der Waals surface area contributed by atoms with Gasteiger partial charge in [-0.1, -0.05) is 0 Å². The fraction of sp³-hybridized carbons (Fsp3) is 0.227. The van der Waals surface area contributed by atoms with Gasteiger partial charge < -0.3 is 14.4 Å². The highest BCUT2D eigenvalue weighted by atomic mass is 32.2. The molecule has 0 amide bonds. The van der Waals surface area contributed by atoms with Gasteiger partial charge in [0.05, 0.1) is 49.9 Å². The topological polar surface area (TPSA) is 112 Å². The molecule has 0 aliphatic rings. The molecule has 2 aromatic heterocycles. The van der Waals surface area contributed by atoms with Crippen molar-refractivity contribution in [3.63, 3.8) is 0 Å². The van der Waals surface area contributed by atoms with Gasteiger partial charge in [0.1, 0.15) is 11.5 Å². The molecule has 1 N–H and O–H groups in total. The van der Waals surface area contributed by atoms with Crippen LogP contribution in [0.25, 0.3) is 22.3 Å². The number of anilines is 2. The zero-order valence-corrected chi connectivity index (χ0v) is 19.2. The second kappa shape index (κ2) is 9.94. The second-order valence-corrected chi connectivity index (χ2v) is 7.76. The number of rotatable bonds is 9. The standard InChI is InChI=1S/C22H23N5O5S/c1-26-14-15(12-24-26)22-13-23-20-5-4-16(10-21(20)25-22)27(6-7-32-33(28)29)17-8-18(30-2)11-19(9-17)31-3/h4-5,8-14H,6-7H2,1-3H3,(H,28,29). The van der Waals surface area contributed by atoms with Crippen molar-refractivity contribution in [2.24, 2.45) is 7.05 Å². The summed E-state index contributed by atoms with van der Waals surface area (Å²) in [5.41, 5.74) is 4.56. The van der Waals surface area contributed by atoms with Gasteiger partial charge in [0, 0.05) is 54.9 Å². The van der Waals surface area contributed by atoms with E-state index in [9.17, 15) is 4.21 Å². The Morgan fingerprint density at radius 1 is 1.03 bits per heavy atom. The van der Waals surface area contributed by atoms with Crippen LogP contribution >= 0.6 is 0 Å². The van der Waals surface area contributed by atoms with Gasteiger partial charge in [-0.2, -0.15) is 9.31 Å². The van der Waals surface area contributed by atoms with Crippen LogP contribution in [0.15, 0.2) is 55.0 Å². The number of aryl methyl sites for hydroxylation is 1. The van der Waals surface area contributed by atoms with Crippen molar-refractivity contribution >= 4 is 33.8 Å². The zero-order valence-electron chi connectivity index (χ0n) is 18.3. The van der Waals surface area contributed by atoms with Gasteiger partial charge in [-0.15, -0.1) is 0 Å². The maximum absolute atomic E-state index is 11.0. The molecule has 4 rings (SSSR count). The van der Waals surface area contributed by atoms with Crippen LogP contribution in [0, 0.1) is 0 Å². The highest BCUT2D eigenvalue weighted by Gasteiger charge is 2.15. The predicted octanol–water partition coefficient (Wildman–Crippen LogP) is 3.34. The maximum Gasteiger partial charge on any atom is 0.301 e. The lowest BCUT2D eigenvalue weighted by Gasteiger charge is -2.26. The van der Waals surface area contributed by atoms with Crippen LogP contribution in [0.2, 0.25) is 0 Å². The fourth-order valence-electron chi connectivity index (χ4n) is 3.42. The minimum absolute atomic E-state index is 0.0159. The summed E-state index contributed by atoms with van der Waals surface area (Å²) in [6.07, 6.45) is 5.33. The Morgan fingerprint density at radius 2 is 1.79 bits per heavy atom. The van der Waals surface area contributed by atoms with Crippen LogP contribution in [0.1, 0.15) is 0 Å². The van der Waals surface area contributed by atoms with Gasteiger partial charge in [-0.25, -0.2) is 4.98 Å². The lowest BCUT2D eigenvalue weighted by Crippen LogP contribution is -2.23. The molecule has 0 spiro atoms. The Morgan fingerprint density at radius 3 is 2.42 bits per heavy atom. The fourth-order valence-corrected chi connectivity index (χ4v) is 3.63. The molecule has 0 aliphatic heterocycles. The summed E-state index contributed by atoms with van der Waals surface area (Å²) in [6, 6.07) is 11.2. The number of hydrogen-bond donors (Lipinski definition) is 1. The molecule has 0 radical (unpaired) electrons. The molecule has 0 saturated carbocycles. The smallest absolute Gasteiger partial charge is 0.301 e. The van der Waals surface area contributed by atoms with Gasteiger partial charge in [-0.3, -0.25) is 18.4 Å². The summed E-state index contributed by atoms with van der Waals surface area (Å²) in [5.74, 6) is 1.22. The Kier molecular flexibility index (Phi) is 6.82. The summed E-state index contributed by atoms with van der Waals surface area (Å²) in [4.78, 5) is 11.2. The lowest BCUT2D eigenvalue weighted by atomic mass is 10.2. The van der Waals surface area contributed by atoms with E-state index in [4.69, 9.17) is 23.2 Å². The van der Waals surface area contributed by atoms with Gasteiger partial charge >= 0.3 is 11.4 Å². The number of methoxy groups -OCH3 is 2. The maximum atomic E-state index is 11.0. The normalized spacial score (nSPS) is 12.0. The van der Waals surface area contributed by atoms with Gasteiger partial charge in [-0.05, 0) is 18.2 Å². The van der Waals surface area contributed by atoms with E-state index < -0.39 is 11.4 Å². The number of benzene rings is 2. The molecule has 0 saturated heterocycles. The number of hydrogen-bond acceptors (Lipinski definition) is 8. The molecule has 172 valence electrons. The van der Waals surface area contributed by atoms with E-state index in [2.05, 4.69) is 10.1 Å². The highest BCUT2D eigenvalue weighted by molar-refractivity contribution is 7.74. The SMILES string of the molecule is COc1cc(OC)cc(N(CCOS(=O)O)c2ccc3ncc(-c4cnn(C)c4)nc3c2)c1. The van der Waals surface area contributed by atoms with Crippen molar-refractivity contribution in [3.05, 3.63) is 55.0 Å². The van der Waals surface area contributed by atoms with E-state index in [0.29, 0.717) is 29.3 Å². The molecule has 1 unspecified atom stereocenters. The first-order chi connectivity index (χ1) is 16.0. The van der Waals surface area contributed by atoms with Crippen LogP contribution in [-0.4, -0.2) is 55.9 Å². The summed E-state index contributed by atoms with van der Waals surface area (Å²) >= 11 is -2.36. The molecular formula is C22H23N5O5S. The van der Waals surface area contributed by atoms with Crippen LogP contribution < -0.4 is 14.4 Å². The van der Waals surface area contributed by atoms with Crippen molar-refractivity contribution < 1.29 is 22.4 Å². The molecule has 10 nitrogen and oxygen atoms in total. The zero-order chi connectivity index (χ0) is 23.4. The van der Waals surface area contributed by atoms with Crippen molar-refractivity contribution in [1.29, 1.82) is 0 Å². The number of ether oxygens (including phenoxy) is 2. The van der Waals surface area contributed by atoms with Crippen molar-refractivity contribution in [2.75, 3.05) is 32.3 Å². The molecule has 11 heteroatoms. The van der Waals surface area contributed by atoms with Crippen LogP contribution in [0.3, 0.4) is 0 Å². The molecule has 4 aromatic rings. The van der Waals surface area contributed by atoms with Crippen molar-refractivity contribution in [3.8, 4) is 22.8 Å². The largest absolute Gasteiger partial charge is 0.497 e. The van der Waals surface area contributed by atoms with E-state index in [1.807, 2.05) is 48.5 Å². The minimum Gasteiger partial charge on any atom is -0.497 e. The lowest BCUT2D eigenvalue weighted by molar-refractivity contribution is 0.315. The van der Waals surface area contributed by atoms with Crippen LogP contribution in [0.4, 0.5) is 11.4 Å². The molecule has 2 aromatic carbocycles. The summed E-state index contributed by atoms with van der Waals surface area (Å²) in [7, 11) is 5.00. The van der Waals surface area contributed by atoms with E-state index in [-0.39, 0.29) is 6.61 Å². The molecule has 2 heterocycles. The average molecular weight is 470 g/mol. The Hall–Kier alpha value is -3.54. The average Bonchev–Trinajstić information content (AvgIpc) is 3.26. The molecular weight excluding hydrogens is 446 g/mol. The quantitative estimate of drug-likeness (QED) is 0.369.